The van der Waals surface area contributed by atoms with Crippen LogP contribution in [0.2, 0.25) is 0 Å². The number of aromatic hydroxyl groups is 2. The number of hydrogen-bond donors (Lipinski definition) is 2. The average Bonchev–Trinajstić information content (AvgIpc) is 3.77. The van der Waals surface area contributed by atoms with Crippen LogP contribution >= 0.6 is 10.0 Å². The minimum Gasteiger partial charge on any atom is -0.508 e. The van der Waals surface area contributed by atoms with Gasteiger partial charge in [0.1, 0.15) is 19.3 Å². The minimum atomic E-state index is -1.84. The Morgan fingerprint density at radius 3 is 1.84 bits per heavy atom. The number of hydrogen-bond acceptors (Lipinski definition) is 2. The van der Waals surface area contributed by atoms with Crippen LogP contribution in [0.25, 0.3) is 55.0 Å². The molecule has 0 atom stereocenters. The standard InChI is InChI=1S/C49H37BN2O2S/c1-32-45-40-25-12-14-27-43(40)52(47(45)49(54)46(50)48(32)53)34-28-29-44-41(31-34)39-24-11-13-26-42(39)51(44)33-16-15-23-38(30-33)55(35-17-5-2-6-18-35,36-19-7-3-8-20-36)37-21-9-4-10-22-37/h2-3,5-9,11-31,53-54H,4,10H2,1H3. The molecule has 0 saturated heterocycles. The maximum absolute atomic E-state index is 11.5. The largest absolute Gasteiger partial charge is 0.508 e. The highest BCUT2D eigenvalue weighted by Gasteiger charge is 2.35. The van der Waals surface area contributed by atoms with Crippen LogP contribution in [-0.2, 0) is 0 Å². The van der Waals surface area contributed by atoms with E-state index in [4.69, 9.17) is 7.85 Å². The van der Waals surface area contributed by atoms with E-state index in [9.17, 15) is 10.2 Å². The molecule has 9 aromatic rings. The van der Waals surface area contributed by atoms with Crippen LogP contribution in [-0.4, -0.2) is 27.2 Å². The van der Waals surface area contributed by atoms with E-state index < -0.39 is 10.0 Å². The summed E-state index contributed by atoms with van der Waals surface area (Å²) in [7, 11) is 4.45. The lowest BCUT2D eigenvalue weighted by atomic mass is 9.89. The smallest absolute Gasteiger partial charge is 0.136 e. The molecule has 2 radical (unpaired) electrons. The SMILES string of the molecule is [B]c1c(O)c(C)c2c3ccccc3n(-c3ccc4c(c3)c3ccccc3n4-c3cccc(S(C4=CCCC=C4)(c4ccccc4)c4ccccc4)c3)c2c1O. The van der Waals surface area contributed by atoms with Gasteiger partial charge in [-0.2, -0.15) is 0 Å². The summed E-state index contributed by atoms with van der Waals surface area (Å²) in [5.41, 5.74) is 6.30. The topological polar surface area (TPSA) is 50.3 Å². The highest BCUT2D eigenvalue weighted by molar-refractivity contribution is 8.37. The lowest BCUT2D eigenvalue weighted by Gasteiger charge is -2.43. The van der Waals surface area contributed by atoms with Gasteiger partial charge in [0.25, 0.3) is 0 Å². The first kappa shape index (κ1) is 33.2. The Morgan fingerprint density at radius 1 is 0.545 bits per heavy atom. The third kappa shape index (κ3) is 4.88. The van der Waals surface area contributed by atoms with Gasteiger partial charge < -0.3 is 19.3 Å². The van der Waals surface area contributed by atoms with Crippen molar-refractivity contribution in [1.82, 2.24) is 9.13 Å². The molecule has 2 heterocycles. The number of nitrogens with zero attached hydrogens (tertiary/aromatic N) is 2. The highest BCUT2D eigenvalue weighted by atomic mass is 32.3. The number of allylic oxidation sites excluding steroid dienone is 3. The van der Waals surface area contributed by atoms with Crippen molar-refractivity contribution in [2.24, 2.45) is 0 Å². The molecule has 0 bridgehead atoms. The van der Waals surface area contributed by atoms with Gasteiger partial charge >= 0.3 is 0 Å². The molecule has 2 N–H and O–H groups in total. The molecule has 55 heavy (non-hydrogen) atoms. The number of benzene rings is 7. The first-order chi connectivity index (χ1) is 27.0. The summed E-state index contributed by atoms with van der Waals surface area (Å²) in [6.07, 6.45) is 9.21. The number of aromatic nitrogens is 2. The van der Waals surface area contributed by atoms with E-state index in [-0.39, 0.29) is 17.0 Å². The molecule has 6 heteroatoms. The molecule has 0 fully saturated rings. The third-order valence-electron chi connectivity index (χ3n) is 11.2. The second kappa shape index (κ2) is 12.9. The predicted molar refractivity (Wildman–Crippen MR) is 230 cm³/mol. The van der Waals surface area contributed by atoms with Gasteiger partial charge in [-0.15, -0.1) is 10.0 Å². The molecule has 0 saturated carbocycles. The second-order valence-electron chi connectivity index (χ2n) is 14.2. The molecular weight excluding hydrogens is 691 g/mol. The zero-order valence-electron chi connectivity index (χ0n) is 30.4. The van der Waals surface area contributed by atoms with Gasteiger partial charge in [-0.1, -0.05) is 97.1 Å². The molecule has 4 nitrogen and oxygen atoms in total. The number of phenolic OH excluding ortho intramolecular Hbond substituents is 2. The monoisotopic (exact) mass is 728 g/mol. The Morgan fingerprint density at radius 2 is 1.15 bits per heavy atom. The normalized spacial score (nSPS) is 13.6. The van der Waals surface area contributed by atoms with Crippen LogP contribution in [0, 0.1) is 6.92 Å². The molecule has 0 aliphatic heterocycles. The Hall–Kier alpha value is -6.37. The van der Waals surface area contributed by atoms with Crippen molar-refractivity contribution in [3.63, 3.8) is 0 Å². The Bertz CT molecular complexity index is 2990. The van der Waals surface area contributed by atoms with E-state index in [1.807, 2.05) is 31.2 Å². The van der Waals surface area contributed by atoms with Gasteiger partial charge in [0.05, 0.1) is 22.1 Å². The molecule has 1 aliphatic carbocycles. The van der Waals surface area contributed by atoms with Crippen molar-refractivity contribution in [3.8, 4) is 22.9 Å². The molecule has 2 aromatic heterocycles. The Balaban J connectivity index is 1.24. The quantitative estimate of drug-likeness (QED) is 0.168. The number of phenols is 2. The molecule has 0 amide bonds. The van der Waals surface area contributed by atoms with E-state index in [0.717, 1.165) is 62.3 Å². The van der Waals surface area contributed by atoms with Crippen LogP contribution in [0.5, 0.6) is 11.5 Å². The van der Waals surface area contributed by atoms with Crippen molar-refractivity contribution in [3.05, 3.63) is 180 Å². The highest BCUT2D eigenvalue weighted by Crippen LogP contribution is 2.74. The van der Waals surface area contributed by atoms with Crippen molar-refractivity contribution >= 4 is 66.9 Å². The molecule has 1 aliphatic rings. The van der Waals surface area contributed by atoms with Gasteiger partial charge in [0.2, 0.25) is 0 Å². The molecular formula is C49H37BN2O2S. The number of aryl methyl sites for hydroxylation is 1. The molecule has 0 spiro atoms. The number of fused-ring (bicyclic) bond motifs is 6. The zero-order valence-corrected chi connectivity index (χ0v) is 31.2. The van der Waals surface area contributed by atoms with Gasteiger partial charge in [0.15, 0.2) is 0 Å². The molecule has 10 rings (SSSR count). The first-order valence-electron chi connectivity index (χ1n) is 18.7. The van der Waals surface area contributed by atoms with Gasteiger partial charge in [0, 0.05) is 53.2 Å². The van der Waals surface area contributed by atoms with Gasteiger partial charge in [-0.25, -0.2) is 0 Å². The van der Waals surface area contributed by atoms with Gasteiger partial charge in [-0.05, 0) is 103 Å². The summed E-state index contributed by atoms with van der Waals surface area (Å²) in [5, 5.41) is 26.3. The maximum Gasteiger partial charge on any atom is 0.136 e. The van der Waals surface area contributed by atoms with E-state index in [2.05, 4.69) is 155 Å². The summed E-state index contributed by atoms with van der Waals surface area (Å²) < 4.78 is 4.45. The minimum absolute atomic E-state index is 0.0182. The van der Waals surface area contributed by atoms with Crippen LogP contribution in [0.1, 0.15) is 18.4 Å². The summed E-state index contributed by atoms with van der Waals surface area (Å²) >= 11 is 0. The van der Waals surface area contributed by atoms with Crippen molar-refractivity contribution in [2.45, 2.75) is 34.5 Å². The van der Waals surface area contributed by atoms with E-state index >= 15 is 0 Å². The maximum atomic E-state index is 11.5. The lowest BCUT2D eigenvalue weighted by molar-refractivity contribution is 0.459. The lowest BCUT2D eigenvalue weighted by Crippen LogP contribution is -2.08. The fraction of sp³-hybridized carbons (Fsp3) is 0.0612. The van der Waals surface area contributed by atoms with Crippen molar-refractivity contribution in [2.75, 3.05) is 0 Å². The summed E-state index contributed by atoms with van der Waals surface area (Å²) in [6, 6.07) is 54.3. The fourth-order valence-corrected chi connectivity index (χ4v) is 12.8. The van der Waals surface area contributed by atoms with E-state index in [0.29, 0.717) is 11.1 Å². The Labute approximate surface area is 322 Å². The van der Waals surface area contributed by atoms with Crippen LogP contribution in [0.15, 0.2) is 189 Å². The van der Waals surface area contributed by atoms with E-state index in [1.165, 1.54) is 19.6 Å². The van der Waals surface area contributed by atoms with Crippen LogP contribution in [0.4, 0.5) is 0 Å². The van der Waals surface area contributed by atoms with Crippen molar-refractivity contribution < 1.29 is 10.2 Å². The Kier molecular flexibility index (Phi) is 7.79. The average molecular weight is 729 g/mol. The van der Waals surface area contributed by atoms with Crippen LogP contribution in [0.3, 0.4) is 0 Å². The van der Waals surface area contributed by atoms with Crippen LogP contribution < -0.4 is 5.46 Å². The third-order valence-corrected chi connectivity index (χ3v) is 15.1. The number of rotatable bonds is 6. The summed E-state index contributed by atoms with van der Waals surface area (Å²) in [6.45, 7) is 1.85. The zero-order chi connectivity index (χ0) is 37.3. The van der Waals surface area contributed by atoms with Crippen molar-refractivity contribution in [1.29, 1.82) is 0 Å². The molecule has 264 valence electrons. The summed E-state index contributed by atoms with van der Waals surface area (Å²) in [5.74, 6) is -0.214. The van der Waals surface area contributed by atoms with E-state index in [1.54, 1.807) is 0 Å². The number of para-hydroxylation sites is 2. The summed E-state index contributed by atoms with van der Waals surface area (Å²) in [4.78, 5) is 5.25. The van der Waals surface area contributed by atoms with Gasteiger partial charge in [-0.3, -0.25) is 0 Å². The molecule has 7 aromatic carbocycles. The second-order valence-corrected chi connectivity index (χ2v) is 17.3. The fourth-order valence-electron chi connectivity index (χ4n) is 8.75. The molecule has 0 unspecified atom stereocenters. The predicted octanol–water partition coefficient (Wildman–Crippen LogP) is 11.9. The first-order valence-corrected chi connectivity index (χ1v) is 20.3.